The van der Waals surface area contributed by atoms with Gasteiger partial charge >= 0.3 is 12.1 Å². The number of carboxylic acids is 1. The van der Waals surface area contributed by atoms with Crippen molar-refractivity contribution in [1.82, 2.24) is 15.5 Å². The minimum atomic E-state index is -5.08. The lowest BCUT2D eigenvalue weighted by molar-refractivity contribution is -0.192. The van der Waals surface area contributed by atoms with Gasteiger partial charge in [0.1, 0.15) is 23.8 Å². The Morgan fingerprint density at radius 3 is 1.80 bits per heavy atom. The summed E-state index contributed by atoms with van der Waals surface area (Å²) >= 11 is 0. The van der Waals surface area contributed by atoms with E-state index in [1.165, 1.54) is 19.0 Å². The summed E-state index contributed by atoms with van der Waals surface area (Å²) < 4.78 is 31.7. The molecule has 0 aliphatic rings. The monoisotopic (exact) mass is 694 g/mol. The van der Waals surface area contributed by atoms with Crippen molar-refractivity contribution in [1.29, 1.82) is 5.41 Å². The van der Waals surface area contributed by atoms with Crippen LogP contribution in [-0.2, 0) is 36.8 Å². The highest BCUT2D eigenvalue weighted by molar-refractivity contribution is 6.02. The third kappa shape index (κ3) is 15.0. The number of nitrogen functional groups attached to an aromatic ring is 2. The Morgan fingerprint density at radius 2 is 1.35 bits per heavy atom. The van der Waals surface area contributed by atoms with Crippen molar-refractivity contribution in [3.63, 3.8) is 0 Å². The van der Waals surface area contributed by atoms with Crippen LogP contribution in [0, 0.1) is 11.3 Å². The number of amidine groups is 1. The Bertz CT molecular complexity index is 1500. The predicted molar refractivity (Wildman–Crippen MR) is 175 cm³/mol. The minimum absolute atomic E-state index is 0.0337. The smallest absolute Gasteiger partial charge is 0.475 e. The van der Waals surface area contributed by atoms with E-state index in [0.29, 0.717) is 28.8 Å². The van der Waals surface area contributed by atoms with Crippen LogP contribution in [0.1, 0.15) is 29.5 Å². The Kier molecular flexibility index (Phi) is 16.0. The van der Waals surface area contributed by atoms with E-state index in [2.05, 4.69) is 15.6 Å². The van der Waals surface area contributed by atoms with E-state index in [4.69, 9.17) is 44.0 Å². The van der Waals surface area contributed by atoms with Crippen LogP contribution in [-0.4, -0.2) is 90.3 Å². The molecule has 49 heavy (non-hydrogen) atoms. The first kappa shape index (κ1) is 41.1. The number of nitrogens with zero attached hydrogens (tertiary/aromatic N) is 2. The lowest BCUT2D eigenvalue weighted by Crippen LogP contribution is -2.55. The highest BCUT2D eigenvalue weighted by Crippen LogP contribution is 2.16. The van der Waals surface area contributed by atoms with Gasteiger partial charge in [0.2, 0.25) is 23.6 Å². The third-order valence-electron chi connectivity index (χ3n) is 6.66. The van der Waals surface area contributed by atoms with Crippen LogP contribution in [0.3, 0.4) is 0 Å². The molecular formula is C30H41F3N10O6. The number of halogens is 3. The number of carbonyl (C=O) groups is 5. The topological polar surface area (TPSA) is 299 Å². The van der Waals surface area contributed by atoms with Gasteiger partial charge in [0.15, 0.2) is 5.96 Å². The highest BCUT2D eigenvalue weighted by Gasteiger charge is 2.38. The van der Waals surface area contributed by atoms with Crippen LogP contribution in [0.5, 0.6) is 0 Å². The Balaban J connectivity index is 0.00000154. The second-order valence-electron chi connectivity index (χ2n) is 10.8. The summed E-state index contributed by atoms with van der Waals surface area (Å²) in [6.45, 7) is 0.231. The number of anilines is 1. The molecule has 0 fully saturated rings. The molecule has 2 rings (SSSR count). The maximum absolute atomic E-state index is 13.6. The number of aliphatic carboxylic acids is 1. The van der Waals surface area contributed by atoms with Crippen molar-refractivity contribution in [2.75, 3.05) is 26.4 Å². The molecule has 3 atom stereocenters. The molecule has 0 aromatic heterocycles. The lowest BCUT2D eigenvalue weighted by Gasteiger charge is -2.25. The van der Waals surface area contributed by atoms with E-state index in [1.54, 1.807) is 48.5 Å². The molecule has 0 heterocycles. The third-order valence-corrected chi connectivity index (χ3v) is 6.66. The van der Waals surface area contributed by atoms with Crippen LogP contribution in [0.25, 0.3) is 0 Å². The number of carboxylic acid groups (broad SMARTS) is 1. The van der Waals surface area contributed by atoms with E-state index >= 15 is 0 Å². The maximum Gasteiger partial charge on any atom is 0.490 e. The molecular weight excluding hydrogens is 653 g/mol. The van der Waals surface area contributed by atoms with Crippen LogP contribution in [0.15, 0.2) is 53.5 Å². The van der Waals surface area contributed by atoms with Gasteiger partial charge in [0.25, 0.3) is 0 Å². The summed E-state index contributed by atoms with van der Waals surface area (Å²) in [5.41, 5.74) is 29.9. The average Bonchev–Trinajstić information content (AvgIpc) is 3.01. The molecule has 0 bridgehead atoms. The fraction of sp³-hybridized carbons (Fsp3) is 0.367. The van der Waals surface area contributed by atoms with Crippen molar-refractivity contribution in [3.05, 3.63) is 65.2 Å². The second-order valence-corrected chi connectivity index (χ2v) is 10.8. The maximum atomic E-state index is 13.6. The molecule has 4 amide bonds. The summed E-state index contributed by atoms with van der Waals surface area (Å²) in [7, 11) is 3.06. The molecule has 268 valence electrons. The van der Waals surface area contributed by atoms with Crippen molar-refractivity contribution < 1.29 is 42.3 Å². The minimum Gasteiger partial charge on any atom is -0.475 e. The molecule has 2 aromatic rings. The fourth-order valence-electron chi connectivity index (χ4n) is 4.09. The number of alkyl halides is 3. The zero-order chi connectivity index (χ0) is 37.5. The van der Waals surface area contributed by atoms with Gasteiger partial charge in [-0.25, -0.2) is 4.79 Å². The summed E-state index contributed by atoms with van der Waals surface area (Å²) in [4.78, 5) is 66.2. The number of primary amides is 1. The largest absolute Gasteiger partial charge is 0.490 e. The molecule has 0 saturated carbocycles. The first-order chi connectivity index (χ1) is 22.7. The predicted octanol–water partition coefficient (Wildman–Crippen LogP) is -0.816. The van der Waals surface area contributed by atoms with E-state index in [1.807, 2.05) is 0 Å². The quantitative estimate of drug-likeness (QED) is 0.0367. The second kappa shape index (κ2) is 19.1. The molecule has 0 aliphatic heterocycles. The zero-order valence-corrected chi connectivity index (χ0v) is 26.8. The first-order valence-electron chi connectivity index (χ1n) is 14.5. The van der Waals surface area contributed by atoms with Crippen molar-refractivity contribution in [2.24, 2.45) is 33.8 Å². The zero-order valence-electron chi connectivity index (χ0n) is 26.8. The Morgan fingerprint density at radius 1 is 0.857 bits per heavy atom. The first-order valence-corrected chi connectivity index (χ1v) is 14.5. The number of amides is 4. The molecule has 2 unspecified atom stereocenters. The van der Waals surface area contributed by atoms with Gasteiger partial charge in [0, 0.05) is 38.3 Å². The fourth-order valence-corrected chi connectivity index (χ4v) is 4.09. The number of rotatable bonds is 15. The normalized spacial score (nSPS) is 12.5. The van der Waals surface area contributed by atoms with Gasteiger partial charge in [-0.2, -0.15) is 13.2 Å². The van der Waals surface area contributed by atoms with Gasteiger partial charge in [-0.15, -0.1) is 0 Å². The molecule has 16 nitrogen and oxygen atoms in total. The van der Waals surface area contributed by atoms with Gasteiger partial charge in [-0.1, -0.05) is 36.4 Å². The molecule has 0 aliphatic carbocycles. The van der Waals surface area contributed by atoms with Crippen LogP contribution < -0.4 is 39.3 Å². The van der Waals surface area contributed by atoms with E-state index in [0.717, 1.165) is 0 Å². The standard InChI is InChI=1S/C28H40N10O4.C2HF3O2/c1-38(2)27(42)20(14-16-5-9-18(10-6-16)23(30)31)25(40)37-22(15-17-7-11-19(29)12-8-17)26(41)36-21(24(32)39)4-3-13-35-28(33)34;3-2(4,5)1(6)7/h5-12,20-22H,3-4,13-15,29H2,1-2H3,(H3,30,31)(H2,32,39)(H,36,41)(H,37,40)(H4,33,34,35);(H,6,7)/t20?,21-,22?;/m0./s1. The van der Waals surface area contributed by atoms with E-state index in [9.17, 15) is 32.3 Å². The number of nitrogens with one attached hydrogen (secondary N) is 3. The van der Waals surface area contributed by atoms with Crippen LogP contribution in [0.4, 0.5) is 18.9 Å². The van der Waals surface area contributed by atoms with E-state index in [-0.39, 0.29) is 37.6 Å². The van der Waals surface area contributed by atoms with Crippen LogP contribution >= 0.6 is 0 Å². The number of aliphatic imine (C=N–C) groups is 1. The molecule has 2 aromatic carbocycles. The molecule has 0 radical (unpaired) electrons. The van der Waals surface area contributed by atoms with Gasteiger partial charge in [-0.3, -0.25) is 29.6 Å². The lowest BCUT2D eigenvalue weighted by atomic mass is 9.95. The Hall–Kier alpha value is -5.88. The van der Waals surface area contributed by atoms with Gasteiger partial charge in [-0.05, 0) is 42.5 Å². The number of nitrogens with two attached hydrogens (primary N) is 5. The SMILES string of the molecule is CN(C)C(=O)C(Cc1ccc(C(=N)N)cc1)C(=O)NC(Cc1ccc(N)cc1)C(=O)N[C@@H](CCCN=C(N)N)C(N)=O.O=C(O)C(F)(F)F. The molecule has 0 saturated heterocycles. The summed E-state index contributed by atoms with van der Waals surface area (Å²) in [5, 5.41) is 20.0. The average molecular weight is 695 g/mol. The number of hydrogen-bond acceptors (Lipinski definition) is 8. The van der Waals surface area contributed by atoms with Crippen molar-refractivity contribution in [2.45, 2.75) is 43.9 Å². The molecule has 19 heteroatoms. The van der Waals surface area contributed by atoms with E-state index < -0.39 is 53.8 Å². The van der Waals surface area contributed by atoms with Crippen molar-refractivity contribution in [3.8, 4) is 0 Å². The highest BCUT2D eigenvalue weighted by atomic mass is 19.4. The number of guanidine groups is 1. The van der Waals surface area contributed by atoms with Crippen molar-refractivity contribution >= 4 is 47.1 Å². The number of benzene rings is 2. The van der Waals surface area contributed by atoms with Gasteiger partial charge in [0.05, 0.1) is 0 Å². The number of hydrogen-bond donors (Lipinski definition) is 9. The molecule has 0 spiro atoms. The van der Waals surface area contributed by atoms with Gasteiger partial charge < -0.3 is 49.3 Å². The Labute approximate surface area is 279 Å². The molecule has 14 N–H and O–H groups in total. The summed E-state index contributed by atoms with van der Waals surface area (Å²) in [6.07, 6.45) is -4.47. The number of carbonyl (C=O) groups excluding carboxylic acids is 4. The van der Waals surface area contributed by atoms with Crippen LogP contribution in [0.2, 0.25) is 0 Å². The summed E-state index contributed by atoms with van der Waals surface area (Å²) in [5.74, 6) is -6.70. The summed E-state index contributed by atoms with van der Waals surface area (Å²) in [6, 6.07) is 11.1.